The largest absolute Gasteiger partial charge is 0.496 e. The SMILES string of the molecule is [2H]C([2H])([2H])Oc1ccc(C(C)(C)C)cc1CN[C@H]1C2CCN(CC2)[C@H]1C(c1ccccc1)c1ccccc1. The molecule has 3 heteroatoms. The minimum atomic E-state index is -2.48. The minimum absolute atomic E-state index is 0.0445. The predicted molar refractivity (Wildman–Crippen MR) is 145 cm³/mol. The van der Waals surface area contributed by atoms with Crippen LogP contribution in [0.5, 0.6) is 5.75 Å². The maximum absolute atomic E-state index is 7.70. The lowest BCUT2D eigenvalue weighted by Crippen LogP contribution is -2.64. The molecule has 1 N–H and O–H groups in total. The quantitative estimate of drug-likeness (QED) is 0.433. The Morgan fingerprint density at radius 3 is 2.14 bits per heavy atom. The molecule has 0 spiro atoms. The van der Waals surface area contributed by atoms with E-state index in [0.717, 1.165) is 18.7 Å². The Morgan fingerprint density at radius 1 is 0.943 bits per heavy atom. The number of benzene rings is 3. The molecule has 3 fully saturated rings. The van der Waals surface area contributed by atoms with Gasteiger partial charge in [0.2, 0.25) is 0 Å². The van der Waals surface area contributed by atoms with E-state index in [2.05, 4.69) is 97.7 Å². The van der Waals surface area contributed by atoms with Gasteiger partial charge in [0.15, 0.2) is 0 Å². The second-order valence-electron chi connectivity index (χ2n) is 11.2. The van der Waals surface area contributed by atoms with Gasteiger partial charge in [-0.05, 0) is 60.0 Å². The summed E-state index contributed by atoms with van der Waals surface area (Å²) in [4.78, 5) is 2.67. The Morgan fingerprint density at radius 2 is 1.57 bits per heavy atom. The van der Waals surface area contributed by atoms with Gasteiger partial charge in [-0.3, -0.25) is 4.90 Å². The normalized spacial score (nSPS) is 25.7. The van der Waals surface area contributed by atoms with Gasteiger partial charge in [0, 0.05) is 30.1 Å². The first-order valence-electron chi connectivity index (χ1n) is 14.5. The van der Waals surface area contributed by atoms with Crippen LogP contribution in [0.1, 0.15) is 65.9 Å². The van der Waals surface area contributed by atoms with Crippen LogP contribution in [0.3, 0.4) is 0 Å². The zero-order valence-electron chi connectivity index (χ0n) is 24.2. The highest BCUT2D eigenvalue weighted by Gasteiger charge is 2.46. The lowest BCUT2D eigenvalue weighted by molar-refractivity contribution is 0.00462. The maximum atomic E-state index is 7.70. The molecule has 0 unspecified atom stereocenters. The van der Waals surface area contributed by atoms with E-state index in [4.69, 9.17) is 8.85 Å². The van der Waals surface area contributed by atoms with Crippen LogP contribution in [-0.4, -0.2) is 37.1 Å². The average molecular weight is 472 g/mol. The summed E-state index contributed by atoms with van der Waals surface area (Å²) in [6, 6.07) is 28.3. The molecule has 0 amide bonds. The minimum Gasteiger partial charge on any atom is -0.496 e. The highest BCUT2D eigenvalue weighted by molar-refractivity contribution is 5.40. The fraction of sp³-hybridized carbons (Fsp3) is 0.438. The molecular formula is C32H40N2O. The Bertz CT molecular complexity index is 1160. The number of piperidine rings is 3. The summed E-state index contributed by atoms with van der Waals surface area (Å²) in [5.41, 5.74) is 4.70. The number of methoxy groups -OCH3 is 1. The van der Waals surface area contributed by atoms with Crippen LogP contribution in [-0.2, 0) is 12.0 Å². The van der Waals surface area contributed by atoms with Crippen molar-refractivity contribution in [3.8, 4) is 5.75 Å². The first kappa shape index (κ1) is 20.6. The van der Waals surface area contributed by atoms with E-state index in [1.807, 2.05) is 12.1 Å². The van der Waals surface area contributed by atoms with E-state index < -0.39 is 7.04 Å². The van der Waals surface area contributed by atoms with E-state index in [1.54, 1.807) is 0 Å². The van der Waals surface area contributed by atoms with Gasteiger partial charge >= 0.3 is 0 Å². The number of hydrogen-bond acceptors (Lipinski definition) is 3. The third-order valence-electron chi connectivity index (χ3n) is 8.10. The number of ether oxygens (including phenoxy) is 1. The van der Waals surface area contributed by atoms with E-state index >= 15 is 0 Å². The van der Waals surface area contributed by atoms with Crippen molar-refractivity contribution in [1.29, 1.82) is 0 Å². The highest BCUT2D eigenvalue weighted by Crippen LogP contribution is 2.42. The van der Waals surface area contributed by atoms with E-state index in [9.17, 15) is 0 Å². The van der Waals surface area contributed by atoms with Crippen LogP contribution in [0.15, 0.2) is 78.9 Å². The van der Waals surface area contributed by atoms with Crippen molar-refractivity contribution in [3.63, 3.8) is 0 Å². The van der Waals surface area contributed by atoms with Crippen LogP contribution in [0, 0.1) is 5.92 Å². The highest BCUT2D eigenvalue weighted by atomic mass is 16.5. The van der Waals surface area contributed by atoms with Gasteiger partial charge in [0.25, 0.3) is 0 Å². The molecule has 35 heavy (non-hydrogen) atoms. The molecule has 2 bridgehead atoms. The lowest BCUT2D eigenvalue weighted by Gasteiger charge is -2.54. The lowest BCUT2D eigenvalue weighted by atomic mass is 9.70. The smallest absolute Gasteiger partial charge is 0.123 e. The summed E-state index contributed by atoms with van der Waals surface area (Å²) in [5.74, 6) is 1.26. The van der Waals surface area contributed by atoms with Crippen molar-refractivity contribution >= 4 is 0 Å². The molecule has 0 saturated carbocycles. The second kappa shape index (κ2) is 10.2. The molecule has 3 aliphatic heterocycles. The van der Waals surface area contributed by atoms with Crippen LogP contribution >= 0.6 is 0 Å². The standard InChI is InChI=1S/C32H40N2O/c1-32(2,3)27-15-16-28(35-4)26(21-27)22-33-30-25-17-19-34(20-18-25)31(30)29(23-11-7-5-8-12-23)24-13-9-6-10-14-24/h5-16,21,25,29-31,33H,17-20,22H2,1-4H3/t30-,31-/m0/s1/i4D3. The van der Waals surface area contributed by atoms with Gasteiger partial charge in [0.1, 0.15) is 5.75 Å². The summed E-state index contributed by atoms with van der Waals surface area (Å²) in [5, 5.41) is 3.94. The molecular weight excluding hydrogens is 428 g/mol. The Kier molecular flexibility index (Phi) is 5.97. The van der Waals surface area contributed by atoms with Gasteiger partial charge in [-0.15, -0.1) is 0 Å². The average Bonchev–Trinajstić information content (AvgIpc) is 2.89. The summed E-state index contributed by atoms with van der Waals surface area (Å²) in [6.45, 7) is 9.34. The van der Waals surface area contributed by atoms with Crippen molar-refractivity contribution in [2.45, 2.75) is 63.6 Å². The summed E-state index contributed by atoms with van der Waals surface area (Å²) in [6.07, 6.45) is 2.37. The summed E-state index contributed by atoms with van der Waals surface area (Å²) in [7, 11) is -2.48. The van der Waals surface area contributed by atoms with Crippen molar-refractivity contribution in [2.75, 3.05) is 20.1 Å². The summed E-state index contributed by atoms with van der Waals surface area (Å²) < 4.78 is 28.6. The van der Waals surface area contributed by atoms with Gasteiger partial charge in [0.05, 0.1) is 11.2 Å². The predicted octanol–water partition coefficient (Wildman–Crippen LogP) is 6.38. The number of rotatable bonds is 7. The van der Waals surface area contributed by atoms with Crippen LogP contribution in [0.25, 0.3) is 0 Å². The van der Waals surface area contributed by atoms with Crippen molar-refractivity contribution in [1.82, 2.24) is 10.2 Å². The molecule has 0 aliphatic carbocycles. The topological polar surface area (TPSA) is 24.5 Å². The fourth-order valence-corrected chi connectivity index (χ4v) is 6.21. The maximum Gasteiger partial charge on any atom is 0.123 e. The zero-order chi connectivity index (χ0) is 26.9. The Labute approximate surface area is 215 Å². The molecule has 3 nitrogen and oxygen atoms in total. The molecule has 0 aromatic heterocycles. The molecule has 6 rings (SSSR count). The van der Waals surface area contributed by atoms with Crippen LogP contribution in [0.4, 0.5) is 0 Å². The van der Waals surface area contributed by atoms with Crippen molar-refractivity contribution in [3.05, 3.63) is 101 Å². The molecule has 184 valence electrons. The van der Waals surface area contributed by atoms with Crippen molar-refractivity contribution < 1.29 is 8.85 Å². The van der Waals surface area contributed by atoms with Crippen LogP contribution in [0.2, 0.25) is 0 Å². The molecule has 3 aliphatic rings. The zero-order valence-corrected chi connectivity index (χ0v) is 21.2. The van der Waals surface area contributed by atoms with Crippen molar-refractivity contribution in [2.24, 2.45) is 5.92 Å². The van der Waals surface area contributed by atoms with Gasteiger partial charge in [-0.25, -0.2) is 0 Å². The van der Waals surface area contributed by atoms with E-state index in [-0.39, 0.29) is 17.4 Å². The number of hydrogen-bond donors (Lipinski definition) is 1. The molecule has 3 heterocycles. The van der Waals surface area contributed by atoms with Gasteiger partial charge in [-0.1, -0.05) is 93.6 Å². The molecule has 2 atom stereocenters. The molecule has 0 radical (unpaired) electrons. The third kappa shape index (κ3) is 5.03. The Balaban J connectivity index is 1.49. The Hall–Kier alpha value is -2.62. The fourth-order valence-electron chi connectivity index (χ4n) is 6.21. The van der Waals surface area contributed by atoms with Crippen LogP contribution < -0.4 is 10.1 Å². The third-order valence-corrected chi connectivity index (χ3v) is 8.10. The molecule has 3 saturated heterocycles. The first-order valence-corrected chi connectivity index (χ1v) is 13.0. The number of nitrogens with zero attached hydrogens (tertiary/aromatic N) is 1. The van der Waals surface area contributed by atoms with Gasteiger partial charge in [-0.2, -0.15) is 0 Å². The molecule has 3 aromatic carbocycles. The van der Waals surface area contributed by atoms with E-state index in [0.29, 0.717) is 24.3 Å². The first-order chi connectivity index (χ1) is 18.1. The molecule has 3 aromatic rings. The van der Waals surface area contributed by atoms with Gasteiger partial charge < -0.3 is 10.1 Å². The monoisotopic (exact) mass is 471 g/mol. The van der Waals surface area contributed by atoms with E-state index in [1.165, 1.54) is 29.5 Å². The second-order valence-corrected chi connectivity index (χ2v) is 11.2. The number of fused-ring (bicyclic) bond motifs is 3. The number of nitrogens with one attached hydrogen (secondary N) is 1. The summed E-state index contributed by atoms with van der Waals surface area (Å²) >= 11 is 0.